The highest BCUT2D eigenvalue weighted by atomic mass is 32.1. The molecule has 2 rings (SSSR count). The Labute approximate surface area is 133 Å². The van der Waals surface area contributed by atoms with Crippen LogP contribution in [0.3, 0.4) is 0 Å². The molecule has 0 amide bonds. The maximum absolute atomic E-state index is 3.64. The maximum Gasteiger partial charge on any atom is 0.0308 e. The van der Waals surface area contributed by atoms with Gasteiger partial charge in [-0.1, -0.05) is 52.0 Å². The Balaban J connectivity index is 1.99. The smallest absolute Gasteiger partial charge is 0.0308 e. The molecule has 0 bridgehead atoms. The zero-order chi connectivity index (χ0) is 15.5. The molecule has 1 N–H and O–H groups in total. The second-order valence-electron chi connectivity index (χ2n) is 6.70. The normalized spacial score (nSPS) is 13.4. The Bertz CT molecular complexity index is 560. The summed E-state index contributed by atoms with van der Waals surface area (Å²) in [5, 5.41) is 5.84. The van der Waals surface area contributed by atoms with Crippen LogP contribution in [0.1, 0.15) is 62.2 Å². The standard InChI is InChI=1S/C19H27NS/c1-6-15-11-12-21-18(15)13-20-14(2)16-7-9-17(10-8-16)19(3,4)5/h7-12,14,20H,6,13H2,1-5H3. The zero-order valence-electron chi connectivity index (χ0n) is 13.9. The molecule has 21 heavy (non-hydrogen) atoms. The van der Waals surface area contributed by atoms with Crippen molar-refractivity contribution >= 4 is 11.3 Å². The van der Waals surface area contributed by atoms with Crippen molar-refractivity contribution in [2.45, 2.75) is 59.0 Å². The van der Waals surface area contributed by atoms with Crippen LogP contribution in [0.5, 0.6) is 0 Å². The second-order valence-corrected chi connectivity index (χ2v) is 7.70. The van der Waals surface area contributed by atoms with E-state index in [1.165, 1.54) is 21.6 Å². The van der Waals surface area contributed by atoms with Gasteiger partial charge in [-0.05, 0) is 46.9 Å². The SMILES string of the molecule is CCc1ccsc1CNC(C)c1ccc(C(C)(C)C)cc1. The summed E-state index contributed by atoms with van der Waals surface area (Å²) in [5.41, 5.74) is 4.45. The molecule has 0 fully saturated rings. The lowest BCUT2D eigenvalue weighted by Crippen LogP contribution is -2.18. The number of rotatable bonds is 5. The summed E-state index contributed by atoms with van der Waals surface area (Å²) < 4.78 is 0. The van der Waals surface area contributed by atoms with E-state index in [1.54, 1.807) is 0 Å². The first-order valence-corrected chi connectivity index (χ1v) is 8.69. The van der Waals surface area contributed by atoms with Gasteiger partial charge < -0.3 is 5.32 Å². The quantitative estimate of drug-likeness (QED) is 0.773. The van der Waals surface area contributed by atoms with Crippen molar-refractivity contribution in [3.05, 3.63) is 57.3 Å². The second kappa shape index (κ2) is 6.76. The van der Waals surface area contributed by atoms with Crippen LogP contribution >= 0.6 is 11.3 Å². The molecule has 1 aromatic carbocycles. The predicted octanol–water partition coefficient (Wildman–Crippen LogP) is 5.46. The molecule has 1 nitrogen and oxygen atoms in total. The molecule has 1 heterocycles. The van der Waals surface area contributed by atoms with Gasteiger partial charge in [0, 0.05) is 17.5 Å². The van der Waals surface area contributed by atoms with E-state index in [0.717, 1.165) is 13.0 Å². The van der Waals surface area contributed by atoms with E-state index in [4.69, 9.17) is 0 Å². The van der Waals surface area contributed by atoms with Crippen molar-refractivity contribution in [1.29, 1.82) is 0 Å². The number of benzene rings is 1. The van der Waals surface area contributed by atoms with Gasteiger partial charge in [-0.2, -0.15) is 0 Å². The van der Waals surface area contributed by atoms with E-state index < -0.39 is 0 Å². The molecule has 0 radical (unpaired) electrons. The van der Waals surface area contributed by atoms with Crippen LogP contribution in [0.25, 0.3) is 0 Å². The summed E-state index contributed by atoms with van der Waals surface area (Å²) in [6.07, 6.45) is 1.12. The molecule has 0 aliphatic carbocycles. The maximum atomic E-state index is 3.64. The van der Waals surface area contributed by atoms with Gasteiger partial charge in [0.05, 0.1) is 0 Å². The average molecular weight is 301 g/mol. The van der Waals surface area contributed by atoms with Crippen molar-refractivity contribution in [2.75, 3.05) is 0 Å². The van der Waals surface area contributed by atoms with Crippen molar-refractivity contribution in [1.82, 2.24) is 5.32 Å². The number of aryl methyl sites for hydroxylation is 1. The van der Waals surface area contributed by atoms with Crippen LogP contribution < -0.4 is 5.32 Å². The first-order valence-electron chi connectivity index (χ1n) is 7.81. The minimum atomic E-state index is 0.224. The van der Waals surface area contributed by atoms with Crippen LogP contribution in [0.4, 0.5) is 0 Å². The lowest BCUT2D eigenvalue weighted by molar-refractivity contribution is 0.571. The summed E-state index contributed by atoms with van der Waals surface area (Å²) in [7, 11) is 0. The van der Waals surface area contributed by atoms with Crippen LogP contribution in [-0.4, -0.2) is 0 Å². The first kappa shape index (κ1) is 16.3. The third kappa shape index (κ3) is 4.18. The van der Waals surface area contributed by atoms with Gasteiger partial charge in [0.1, 0.15) is 0 Å². The highest BCUT2D eigenvalue weighted by Crippen LogP contribution is 2.24. The van der Waals surface area contributed by atoms with E-state index in [2.05, 4.69) is 75.6 Å². The monoisotopic (exact) mass is 301 g/mol. The third-order valence-electron chi connectivity index (χ3n) is 4.06. The molecule has 0 aliphatic rings. The molecule has 2 heteroatoms. The fourth-order valence-corrected chi connectivity index (χ4v) is 3.40. The zero-order valence-corrected chi connectivity index (χ0v) is 14.7. The summed E-state index contributed by atoms with van der Waals surface area (Å²) >= 11 is 1.85. The van der Waals surface area contributed by atoms with Gasteiger partial charge in [-0.3, -0.25) is 0 Å². The highest BCUT2D eigenvalue weighted by Gasteiger charge is 2.14. The summed E-state index contributed by atoms with van der Waals surface area (Å²) in [6.45, 7) is 12.2. The van der Waals surface area contributed by atoms with E-state index in [-0.39, 0.29) is 5.41 Å². The van der Waals surface area contributed by atoms with Crippen LogP contribution in [-0.2, 0) is 18.4 Å². The van der Waals surface area contributed by atoms with Gasteiger partial charge in [0.25, 0.3) is 0 Å². The van der Waals surface area contributed by atoms with Crippen molar-refractivity contribution in [3.63, 3.8) is 0 Å². The average Bonchev–Trinajstić information content (AvgIpc) is 2.91. The molecule has 0 saturated heterocycles. The fraction of sp³-hybridized carbons (Fsp3) is 0.474. The summed E-state index contributed by atoms with van der Waals surface area (Å²) in [6, 6.07) is 11.7. The van der Waals surface area contributed by atoms with E-state index in [9.17, 15) is 0 Å². The largest absolute Gasteiger partial charge is 0.305 e. The molecular weight excluding hydrogens is 274 g/mol. The van der Waals surface area contributed by atoms with Crippen molar-refractivity contribution in [3.8, 4) is 0 Å². The minimum absolute atomic E-state index is 0.224. The Morgan fingerprint density at radius 3 is 2.33 bits per heavy atom. The topological polar surface area (TPSA) is 12.0 Å². The molecule has 0 aliphatic heterocycles. The summed E-state index contributed by atoms with van der Waals surface area (Å²) in [4.78, 5) is 1.47. The Hall–Kier alpha value is -1.12. The lowest BCUT2D eigenvalue weighted by Gasteiger charge is -2.20. The highest BCUT2D eigenvalue weighted by molar-refractivity contribution is 7.10. The number of thiophene rings is 1. The fourth-order valence-electron chi connectivity index (χ4n) is 2.47. The number of hydrogen-bond acceptors (Lipinski definition) is 2. The van der Waals surface area contributed by atoms with Gasteiger partial charge in [0.2, 0.25) is 0 Å². The van der Waals surface area contributed by atoms with Gasteiger partial charge in [-0.15, -0.1) is 11.3 Å². The molecule has 2 aromatic rings. The van der Waals surface area contributed by atoms with E-state index >= 15 is 0 Å². The molecule has 1 atom stereocenters. The number of nitrogens with one attached hydrogen (secondary N) is 1. The van der Waals surface area contributed by atoms with Crippen LogP contribution in [0.2, 0.25) is 0 Å². The van der Waals surface area contributed by atoms with Crippen molar-refractivity contribution < 1.29 is 0 Å². The Kier molecular flexibility index (Phi) is 5.23. The molecule has 0 spiro atoms. The van der Waals surface area contributed by atoms with Gasteiger partial charge in [0.15, 0.2) is 0 Å². The van der Waals surface area contributed by atoms with E-state index in [0.29, 0.717) is 6.04 Å². The number of hydrogen-bond donors (Lipinski definition) is 1. The van der Waals surface area contributed by atoms with Crippen molar-refractivity contribution in [2.24, 2.45) is 0 Å². The third-order valence-corrected chi connectivity index (χ3v) is 5.03. The van der Waals surface area contributed by atoms with E-state index in [1.807, 2.05) is 11.3 Å². The van der Waals surface area contributed by atoms with Crippen LogP contribution in [0.15, 0.2) is 35.7 Å². The van der Waals surface area contributed by atoms with Crippen LogP contribution in [0, 0.1) is 0 Å². The molecule has 114 valence electrons. The van der Waals surface area contributed by atoms with Gasteiger partial charge in [-0.25, -0.2) is 0 Å². The Morgan fingerprint density at radius 1 is 1.10 bits per heavy atom. The minimum Gasteiger partial charge on any atom is -0.305 e. The molecular formula is C19H27NS. The van der Waals surface area contributed by atoms with Gasteiger partial charge >= 0.3 is 0 Å². The Morgan fingerprint density at radius 2 is 1.76 bits per heavy atom. The molecule has 1 unspecified atom stereocenters. The molecule has 0 saturated carbocycles. The lowest BCUT2D eigenvalue weighted by atomic mass is 9.86. The summed E-state index contributed by atoms with van der Waals surface area (Å²) in [5.74, 6) is 0. The molecule has 1 aromatic heterocycles. The first-order chi connectivity index (χ1) is 9.91. The predicted molar refractivity (Wildman–Crippen MR) is 94.1 cm³/mol.